The SMILES string of the molecule is CC(C)N1CC2(CNC(C3CCC4(CC(C5CC56CCCN(C(C)C)C6)C4)N3C(C)C)CO2)C1. The van der Waals surface area contributed by atoms with Crippen molar-refractivity contribution in [2.45, 2.75) is 128 Å². The number of morpholine rings is 1. The molecule has 1 N–H and O–H groups in total. The minimum Gasteiger partial charge on any atom is -0.369 e. The van der Waals surface area contributed by atoms with Crippen LogP contribution >= 0.6 is 0 Å². The maximum Gasteiger partial charge on any atom is 0.106 e. The molecule has 0 bridgehead atoms. The summed E-state index contributed by atoms with van der Waals surface area (Å²) in [7, 11) is 0. The zero-order valence-electron chi connectivity index (χ0n) is 23.0. The van der Waals surface area contributed by atoms with E-state index in [1.807, 2.05) is 0 Å². The van der Waals surface area contributed by atoms with Crippen LogP contribution in [0.1, 0.15) is 86.5 Å². The molecule has 2 saturated carbocycles. The van der Waals surface area contributed by atoms with E-state index < -0.39 is 0 Å². The van der Waals surface area contributed by atoms with Crippen molar-refractivity contribution in [1.29, 1.82) is 0 Å². The quantitative estimate of drug-likeness (QED) is 0.654. The fourth-order valence-corrected chi connectivity index (χ4v) is 9.33. The maximum absolute atomic E-state index is 6.59. The second kappa shape index (κ2) is 8.41. The summed E-state index contributed by atoms with van der Waals surface area (Å²) in [5.41, 5.74) is 1.27. The van der Waals surface area contributed by atoms with E-state index in [1.54, 1.807) is 0 Å². The standard InChI is InChI=1S/C29H52N4O/c1-20(2)31-11-7-9-27(17-31)14-24(27)23-12-28(13-23)10-8-26(33(28)22(5)6)25-15-34-29(16-30-25)18-32(19-29)21(3)4/h20-26,30H,7-19H2,1-6H3. The van der Waals surface area contributed by atoms with Gasteiger partial charge in [-0.2, -0.15) is 0 Å². The Hall–Kier alpha value is -0.200. The molecule has 0 aromatic carbocycles. The third kappa shape index (κ3) is 3.83. The second-order valence-corrected chi connectivity index (χ2v) is 14.3. The molecule has 0 amide bonds. The number of piperidine rings is 1. The highest BCUT2D eigenvalue weighted by Crippen LogP contribution is 2.68. The first-order valence-electron chi connectivity index (χ1n) is 14.8. The molecule has 4 atom stereocenters. The Morgan fingerprint density at radius 3 is 2.21 bits per heavy atom. The molecule has 3 spiro atoms. The number of nitrogens with one attached hydrogen (secondary N) is 1. The van der Waals surface area contributed by atoms with Crippen molar-refractivity contribution in [3.05, 3.63) is 0 Å². The molecule has 6 aliphatic rings. The van der Waals surface area contributed by atoms with Crippen LogP contribution in [0.5, 0.6) is 0 Å². The van der Waals surface area contributed by atoms with Gasteiger partial charge < -0.3 is 15.0 Å². The van der Waals surface area contributed by atoms with Crippen molar-refractivity contribution in [3.8, 4) is 0 Å². The first-order valence-corrected chi connectivity index (χ1v) is 14.8. The highest BCUT2D eigenvalue weighted by molar-refractivity contribution is 5.19. The van der Waals surface area contributed by atoms with Gasteiger partial charge in [-0.1, -0.05) is 0 Å². The lowest BCUT2D eigenvalue weighted by molar-refractivity contribution is -0.180. The van der Waals surface area contributed by atoms with Gasteiger partial charge in [0.05, 0.1) is 6.61 Å². The van der Waals surface area contributed by atoms with Gasteiger partial charge in [0.15, 0.2) is 0 Å². The Labute approximate surface area is 209 Å². The lowest BCUT2D eigenvalue weighted by atomic mass is 9.63. The van der Waals surface area contributed by atoms with Crippen LogP contribution in [0.2, 0.25) is 0 Å². The van der Waals surface area contributed by atoms with Crippen LogP contribution < -0.4 is 5.32 Å². The largest absolute Gasteiger partial charge is 0.369 e. The van der Waals surface area contributed by atoms with E-state index in [-0.39, 0.29) is 5.60 Å². The number of rotatable bonds is 5. The Balaban J connectivity index is 1.06. The summed E-state index contributed by atoms with van der Waals surface area (Å²) in [5, 5.41) is 3.99. The van der Waals surface area contributed by atoms with Crippen LogP contribution in [-0.4, -0.2) is 95.4 Å². The molecular weight excluding hydrogens is 420 g/mol. The number of hydrogen-bond donors (Lipinski definition) is 1. The van der Waals surface area contributed by atoms with E-state index in [0.29, 0.717) is 35.1 Å². The van der Waals surface area contributed by atoms with Gasteiger partial charge in [-0.3, -0.25) is 9.80 Å². The summed E-state index contributed by atoms with van der Waals surface area (Å²) >= 11 is 0. The van der Waals surface area contributed by atoms with Crippen molar-refractivity contribution < 1.29 is 4.74 Å². The van der Waals surface area contributed by atoms with E-state index >= 15 is 0 Å². The van der Waals surface area contributed by atoms with E-state index in [9.17, 15) is 0 Å². The fourth-order valence-electron chi connectivity index (χ4n) is 9.33. The van der Waals surface area contributed by atoms with Crippen molar-refractivity contribution in [3.63, 3.8) is 0 Å². The van der Waals surface area contributed by atoms with E-state index in [1.165, 1.54) is 58.0 Å². The molecule has 0 aromatic rings. The summed E-state index contributed by atoms with van der Waals surface area (Å²) in [6, 6.07) is 3.14. The highest BCUT2D eigenvalue weighted by atomic mass is 16.5. The second-order valence-electron chi connectivity index (χ2n) is 14.3. The molecule has 5 nitrogen and oxygen atoms in total. The van der Waals surface area contributed by atoms with Gasteiger partial charge >= 0.3 is 0 Å². The minimum absolute atomic E-state index is 0.0887. The summed E-state index contributed by atoms with van der Waals surface area (Å²) in [4.78, 5) is 8.28. The van der Waals surface area contributed by atoms with E-state index in [2.05, 4.69) is 61.6 Å². The van der Waals surface area contributed by atoms with Gasteiger partial charge in [0.1, 0.15) is 5.60 Å². The summed E-state index contributed by atoms with van der Waals surface area (Å²) in [5.74, 6) is 2.01. The molecule has 4 saturated heterocycles. The van der Waals surface area contributed by atoms with Gasteiger partial charge in [0.2, 0.25) is 0 Å². The van der Waals surface area contributed by atoms with Crippen molar-refractivity contribution in [2.75, 3.05) is 39.3 Å². The maximum atomic E-state index is 6.59. The average molecular weight is 473 g/mol. The Bertz CT molecular complexity index is 745. The number of ether oxygens (including phenoxy) is 1. The molecule has 5 heteroatoms. The van der Waals surface area contributed by atoms with Crippen molar-refractivity contribution >= 4 is 0 Å². The van der Waals surface area contributed by atoms with Gasteiger partial charge in [0, 0.05) is 61.9 Å². The third-order valence-electron chi connectivity index (χ3n) is 11.3. The molecule has 0 aromatic heterocycles. The van der Waals surface area contributed by atoms with Crippen LogP contribution in [-0.2, 0) is 4.74 Å². The molecule has 6 rings (SSSR count). The van der Waals surface area contributed by atoms with E-state index in [0.717, 1.165) is 44.1 Å². The van der Waals surface area contributed by atoms with Gasteiger partial charge in [-0.25, -0.2) is 0 Å². The monoisotopic (exact) mass is 472 g/mol. The van der Waals surface area contributed by atoms with Crippen LogP contribution in [0.25, 0.3) is 0 Å². The first-order chi connectivity index (χ1) is 16.2. The predicted octanol–water partition coefficient (Wildman–Crippen LogP) is 3.97. The predicted molar refractivity (Wildman–Crippen MR) is 139 cm³/mol. The number of likely N-dealkylation sites (tertiary alicyclic amines) is 3. The van der Waals surface area contributed by atoms with E-state index in [4.69, 9.17) is 4.74 Å². The summed E-state index contributed by atoms with van der Waals surface area (Å²) in [6.07, 6.45) is 10.2. The molecule has 0 radical (unpaired) electrons. The van der Waals surface area contributed by atoms with Gasteiger partial charge in [-0.15, -0.1) is 0 Å². The molecule has 6 fully saturated rings. The number of nitrogens with zero attached hydrogens (tertiary/aromatic N) is 3. The molecule has 4 unspecified atom stereocenters. The highest BCUT2D eigenvalue weighted by Gasteiger charge is 2.65. The lowest BCUT2D eigenvalue weighted by Crippen LogP contribution is -2.74. The molecule has 4 heterocycles. The topological polar surface area (TPSA) is 31.0 Å². The van der Waals surface area contributed by atoms with Crippen LogP contribution in [0, 0.1) is 17.3 Å². The van der Waals surface area contributed by atoms with Gasteiger partial charge in [-0.05, 0) is 110 Å². The van der Waals surface area contributed by atoms with Crippen LogP contribution in [0.3, 0.4) is 0 Å². The summed E-state index contributed by atoms with van der Waals surface area (Å²) < 4.78 is 6.59. The molecule has 34 heavy (non-hydrogen) atoms. The Morgan fingerprint density at radius 2 is 1.59 bits per heavy atom. The first kappa shape index (κ1) is 24.2. The molecule has 194 valence electrons. The number of hydrogen-bond acceptors (Lipinski definition) is 5. The zero-order valence-corrected chi connectivity index (χ0v) is 23.0. The molecular formula is C29H52N4O. The smallest absolute Gasteiger partial charge is 0.106 e. The fraction of sp³-hybridized carbons (Fsp3) is 1.00. The normalized spacial score (nSPS) is 40.7. The van der Waals surface area contributed by atoms with Crippen molar-refractivity contribution in [1.82, 2.24) is 20.0 Å². The van der Waals surface area contributed by atoms with Gasteiger partial charge in [0.25, 0.3) is 0 Å². The Kier molecular flexibility index (Phi) is 5.97. The van der Waals surface area contributed by atoms with Crippen LogP contribution in [0.15, 0.2) is 0 Å². The molecule has 4 aliphatic heterocycles. The Morgan fingerprint density at radius 1 is 0.853 bits per heavy atom. The van der Waals surface area contributed by atoms with Crippen LogP contribution in [0.4, 0.5) is 0 Å². The molecule has 2 aliphatic carbocycles. The minimum atomic E-state index is 0.0887. The summed E-state index contributed by atoms with van der Waals surface area (Å²) in [6.45, 7) is 21.1. The average Bonchev–Trinajstić information content (AvgIpc) is 3.25. The zero-order chi connectivity index (χ0) is 23.9. The van der Waals surface area contributed by atoms with Crippen molar-refractivity contribution in [2.24, 2.45) is 17.3 Å². The third-order valence-corrected chi connectivity index (χ3v) is 11.3. The lowest BCUT2D eigenvalue weighted by Gasteiger charge is -2.58.